The first kappa shape index (κ1) is 33.0. The standard InChI is InChI=1S/2C25H15N2Si.Pt/c2*1-4-11-19-18(10-1)25-24(27-19)23-22(14-7-15-26-23)28(25)20-12-5-2-8-16(20)17-9-3-6-13-21(17)28;/h2*1-15H;/q2*-1;+2. The summed E-state index contributed by atoms with van der Waals surface area (Å²) in [7, 11) is -4.78. The number of benzene rings is 6. The van der Waals surface area contributed by atoms with Gasteiger partial charge in [0, 0.05) is 23.8 Å². The first-order valence-electron chi connectivity index (χ1n) is 19.2. The van der Waals surface area contributed by atoms with Crippen molar-refractivity contribution in [3.05, 3.63) is 182 Å². The number of fused-ring (bicyclic) bond motifs is 24. The first-order chi connectivity index (χ1) is 27.8. The van der Waals surface area contributed by atoms with E-state index >= 15 is 0 Å². The van der Waals surface area contributed by atoms with Crippen LogP contribution in [-0.4, -0.2) is 26.1 Å². The van der Waals surface area contributed by atoms with Gasteiger partial charge in [0.25, 0.3) is 0 Å². The summed E-state index contributed by atoms with van der Waals surface area (Å²) in [6.45, 7) is 0. The van der Waals surface area contributed by atoms with Gasteiger partial charge in [-0.15, -0.1) is 22.4 Å². The minimum atomic E-state index is -2.39. The number of nitrogens with zero attached hydrogens (tertiary/aromatic N) is 4. The topological polar surface area (TPSA) is 54.0 Å². The molecule has 57 heavy (non-hydrogen) atoms. The third kappa shape index (κ3) is 3.95. The molecule has 0 N–H and O–H groups in total. The van der Waals surface area contributed by atoms with E-state index in [4.69, 9.17) is 19.9 Å². The fourth-order valence-electron chi connectivity index (χ4n) is 10.9. The smallest absolute Gasteiger partial charge is 0.656 e. The molecular formula is C50H30N4PtSi2. The van der Waals surface area contributed by atoms with Gasteiger partial charge in [0.1, 0.15) is 0 Å². The quantitative estimate of drug-likeness (QED) is 0.200. The summed E-state index contributed by atoms with van der Waals surface area (Å²) in [5, 5.41) is 14.1. The van der Waals surface area contributed by atoms with Crippen LogP contribution in [-0.2, 0) is 21.1 Å². The molecule has 7 heteroatoms. The van der Waals surface area contributed by atoms with Crippen molar-refractivity contribution in [2.24, 2.45) is 0 Å². The van der Waals surface area contributed by atoms with Crippen molar-refractivity contribution in [1.82, 2.24) is 19.9 Å². The Morgan fingerprint density at radius 3 is 1.04 bits per heavy atom. The molecule has 0 unspecified atom stereocenters. The Morgan fingerprint density at radius 2 is 0.649 bits per heavy atom. The van der Waals surface area contributed by atoms with Crippen LogP contribution in [0, 0.1) is 0 Å². The normalized spacial score (nSPS) is 14.5. The molecule has 2 spiro atoms. The van der Waals surface area contributed by atoms with Crippen LogP contribution in [0.25, 0.3) is 66.8 Å². The number of hydrogen-bond donors (Lipinski definition) is 0. The minimum absolute atomic E-state index is 0. The van der Waals surface area contributed by atoms with Crippen LogP contribution in [0.2, 0.25) is 0 Å². The number of pyridine rings is 2. The molecular weight excluding hydrogens is 908 g/mol. The van der Waals surface area contributed by atoms with E-state index in [1.165, 1.54) is 74.5 Å². The second kappa shape index (κ2) is 11.9. The molecule has 6 aromatic carbocycles. The Bertz CT molecular complexity index is 3000. The van der Waals surface area contributed by atoms with Gasteiger partial charge in [-0.25, -0.2) is 0 Å². The SMILES string of the molecule is [Pt+2].c1ccc2c(c1)-c1ccccc1[Si]21c2cccnc2-c2[n-]c3ccccc3c21.c1ccc2c(c1)-c1ccccc1[Si]21c2cccnc2-c2[n-]c3ccccc3c21. The van der Waals surface area contributed by atoms with Crippen molar-refractivity contribution < 1.29 is 21.1 Å². The van der Waals surface area contributed by atoms with E-state index in [9.17, 15) is 0 Å². The molecule has 14 rings (SSSR count). The van der Waals surface area contributed by atoms with Crippen LogP contribution in [0.1, 0.15) is 0 Å². The van der Waals surface area contributed by atoms with Gasteiger partial charge in [-0.05, 0) is 76.3 Å². The predicted octanol–water partition coefficient (Wildman–Crippen LogP) is 5.06. The molecule has 0 fully saturated rings. The Balaban J connectivity index is 0.000000123. The molecule has 4 aromatic heterocycles. The van der Waals surface area contributed by atoms with Crippen LogP contribution in [0.3, 0.4) is 0 Å². The van der Waals surface area contributed by atoms with Crippen molar-refractivity contribution in [3.8, 4) is 45.0 Å². The summed E-state index contributed by atoms with van der Waals surface area (Å²) in [4.78, 5) is 19.8. The molecule has 8 heterocycles. The maximum Gasteiger partial charge on any atom is 2.00 e. The van der Waals surface area contributed by atoms with Crippen LogP contribution in [0.15, 0.2) is 182 Å². The third-order valence-corrected chi connectivity index (χ3v) is 22.7. The van der Waals surface area contributed by atoms with Gasteiger partial charge >= 0.3 is 21.1 Å². The van der Waals surface area contributed by atoms with E-state index < -0.39 is 16.1 Å². The summed E-state index contributed by atoms with van der Waals surface area (Å²) in [6, 6.07) is 61.8. The summed E-state index contributed by atoms with van der Waals surface area (Å²) in [5.74, 6) is 0. The van der Waals surface area contributed by atoms with E-state index in [1.54, 1.807) is 0 Å². The Labute approximate surface area is 345 Å². The molecule has 268 valence electrons. The van der Waals surface area contributed by atoms with Gasteiger partial charge in [-0.2, -0.15) is 0 Å². The Morgan fingerprint density at radius 1 is 0.333 bits per heavy atom. The summed E-state index contributed by atoms with van der Waals surface area (Å²) in [6.07, 6.45) is 3.81. The van der Waals surface area contributed by atoms with Crippen molar-refractivity contribution in [1.29, 1.82) is 0 Å². The van der Waals surface area contributed by atoms with E-state index in [1.807, 2.05) is 12.4 Å². The van der Waals surface area contributed by atoms with E-state index in [-0.39, 0.29) is 21.1 Å². The average molecular weight is 938 g/mol. The van der Waals surface area contributed by atoms with Gasteiger partial charge in [-0.3, -0.25) is 9.97 Å². The zero-order valence-corrected chi connectivity index (χ0v) is 34.7. The van der Waals surface area contributed by atoms with E-state index in [0.29, 0.717) is 0 Å². The fourth-order valence-corrected chi connectivity index (χ4v) is 22.2. The zero-order valence-electron chi connectivity index (χ0n) is 30.4. The predicted molar refractivity (Wildman–Crippen MR) is 233 cm³/mol. The van der Waals surface area contributed by atoms with Crippen molar-refractivity contribution in [2.75, 3.05) is 0 Å². The van der Waals surface area contributed by atoms with Crippen molar-refractivity contribution in [3.63, 3.8) is 0 Å². The van der Waals surface area contributed by atoms with Crippen molar-refractivity contribution >= 4 is 79.4 Å². The molecule has 0 atom stereocenters. The Kier molecular flexibility index (Phi) is 6.90. The summed E-state index contributed by atoms with van der Waals surface area (Å²) in [5.41, 5.74) is 12.0. The van der Waals surface area contributed by atoms with Gasteiger partial charge in [0.2, 0.25) is 0 Å². The molecule has 0 saturated carbocycles. The minimum Gasteiger partial charge on any atom is -0.656 e. The van der Waals surface area contributed by atoms with Crippen LogP contribution in [0.4, 0.5) is 0 Å². The Hall–Kier alpha value is -6.18. The van der Waals surface area contributed by atoms with Crippen LogP contribution >= 0.6 is 0 Å². The molecule has 4 aliphatic heterocycles. The van der Waals surface area contributed by atoms with Crippen LogP contribution in [0.5, 0.6) is 0 Å². The molecule has 0 aliphatic carbocycles. The van der Waals surface area contributed by atoms with Gasteiger partial charge in [0.05, 0.1) is 0 Å². The molecule has 4 nitrogen and oxygen atoms in total. The molecule has 0 saturated heterocycles. The largest absolute Gasteiger partial charge is 2.00 e. The number of hydrogen-bond acceptors (Lipinski definition) is 2. The second-order valence-electron chi connectivity index (χ2n) is 15.2. The molecule has 0 radical (unpaired) electrons. The molecule has 0 bridgehead atoms. The molecule has 4 aliphatic rings. The average Bonchev–Trinajstić information content (AvgIpc) is 4.09. The number of para-hydroxylation sites is 2. The van der Waals surface area contributed by atoms with Gasteiger partial charge in [-0.1, -0.05) is 168 Å². The molecule has 0 amide bonds. The van der Waals surface area contributed by atoms with E-state index in [2.05, 4.69) is 170 Å². The van der Waals surface area contributed by atoms with E-state index in [0.717, 1.165) is 33.8 Å². The third-order valence-electron chi connectivity index (χ3n) is 12.8. The number of aromatic nitrogens is 4. The fraction of sp³-hybridized carbons (Fsp3) is 0. The van der Waals surface area contributed by atoms with Crippen molar-refractivity contribution in [2.45, 2.75) is 0 Å². The maximum absolute atomic E-state index is 5.07. The second-order valence-corrected chi connectivity index (χ2v) is 22.4. The monoisotopic (exact) mass is 937 g/mol. The number of rotatable bonds is 0. The summed E-state index contributed by atoms with van der Waals surface area (Å²) >= 11 is 0. The zero-order chi connectivity index (χ0) is 36.6. The summed E-state index contributed by atoms with van der Waals surface area (Å²) < 4.78 is 0. The van der Waals surface area contributed by atoms with Gasteiger partial charge in [0.15, 0.2) is 16.1 Å². The molecule has 10 aromatic rings. The first-order valence-corrected chi connectivity index (χ1v) is 23.2. The maximum atomic E-state index is 5.07. The van der Waals surface area contributed by atoms with Crippen LogP contribution < -0.4 is 51.5 Å². The van der Waals surface area contributed by atoms with Gasteiger partial charge < -0.3 is 9.97 Å².